The lowest BCUT2D eigenvalue weighted by Gasteiger charge is -2.32. The summed E-state index contributed by atoms with van der Waals surface area (Å²) in [5, 5.41) is 6.85. The highest BCUT2D eigenvalue weighted by atomic mass is 16.6. The van der Waals surface area contributed by atoms with Crippen LogP contribution in [0.15, 0.2) is 29.3 Å². The molecule has 1 aromatic rings. The van der Waals surface area contributed by atoms with Crippen molar-refractivity contribution in [2.75, 3.05) is 57.4 Å². The van der Waals surface area contributed by atoms with E-state index in [-0.39, 0.29) is 6.09 Å². The first kappa shape index (κ1) is 22.2. The van der Waals surface area contributed by atoms with E-state index in [2.05, 4.69) is 46.7 Å². The Morgan fingerprint density at radius 2 is 1.83 bits per heavy atom. The van der Waals surface area contributed by atoms with Crippen LogP contribution >= 0.6 is 0 Å². The fourth-order valence-electron chi connectivity index (χ4n) is 3.74. The second-order valence-electron chi connectivity index (χ2n) is 7.57. The molecule has 0 unspecified atom stereocenters. The normalized spacial score (nSPS) is 18.3. The summed E-state index contributed by atoms with van der Waals surface area (Å²) < 4.78 is 10.5. The van der Waals surface area contributed by atoms with Gasteiger partial charge in [-0.1, -0.05) is 12.1 Å². The lowest BCUT2D eigenvalue weighted by molar-refractivity contribution is 0.0963. The number of benzene rings is 1. The molecule has 3 rings (SSSR count). The second kappa shape index (κ2) is 11.6. The number of amides is 1. The molecule has 2 saturated heterocycles. The van der Waals surface area contributed by atoms with Crippen molar-refractivity contribution in [1.29, 1.82) is 0 Å². The Hall–Kier alpha value is -2.48. The summed E-state index contributed by atoms with van der Waals surface area (Å²) >= 11 is 0. The molecule has 2 N–H and O–H groups in total. The first-order valence-corrected chi connectivity index (χ1v) is 11.1. The molecule has 166 valence electrons. The molecule has 0 atom stereocenters. The van der Waals surface area contributed by atoms with Crippen LogP contribution < -0.4 is 15.5 Å². The number of nitrogens with zero attached hydrogens (tertiary/aromatic N) is 3. The Balaban J connectivity index is 1.50. The van der Waals surface area contributed by atoms with E-state index in [4.69, 9.17) is 14.5 Å². The van der Waals surface area contributed by atoms with E-state index in [1.807, 2.05) is 6.92 Å². The maximum absolute atomic E-state index is 11.9. The number of hydrogen-bond acceptors (Lipinski definition) is 5. The van der Waals surface area contributed by atoms with Crippen LogP contribution in [0.25, 0.3) is 0 Å². The fourth-order valence-corrected chi connectivity index (χ4v) is 3.74. The molecule has 8 heteroatoms. The summed E-state index contributed by atoms with van der Waals surface area (Å²) in [6.07, 6.45) is 1.56. The van der Waals surface area contributed by atoms with Gasteiger partial charge in [0.05, 0.1) is 26.4 Å². The van der Waals surface area contributed by atoms with Crippen LogP contribution in [0.3, 0.4) is 0 Å². The van der Waals surface area contributed by atoms with Crippen LogP contribution in [0.1, 0.15) is 32.3 Å². The van der Waals surface area contributed by atoms with Gasteiger partial charge >= 0.3 is 6.09 Å². The van der Waals surface area contributed by atoms with E-state index in [0.717, 1.165) is 51.6 Å². The topological polar surface area (TPSA) is 78.4 Å². The van der Waals surface area contributed by atoms with E-state index >= 15 is 0 Å². The zero-order valence-electron chi connectivity index (χ0n) is 18.2. The summed E-state index contributed by atoms with van der Waals surface area (Å²) in [6.45, 7) is 10.6. The molecule has 0 bridgehead atoms. The molecule has 1 aromatic carbocycles. The van der Waals surface area contributed by atoms with E-state index in [1.165, 1.54) is 11.3 Å². The smallest absolute Gasteiger partial charge is 0.409 e. The Morgan fingerprint density at radius 3 is 2.47 bits per heavy atom. The molecule has 0 aliphatic carbocycles. The van der Waals surface area contributed by atoms with Crippen LogP contribution in [-0.4, -0.2) is 75.5 Å². The van der Waals surface area contributed by atoms with Gasteiger partial charge in [-0.2, -0.15) is 0 Å². The molecule has 30 heavy (non-hydrogen) atoms. The molecular weight excluding hydrogens is 382 g/mol. The van der Waals surface area contributed by atoms with Gasteiger partial charge in [-0.25, -0.2) is 9.79 Å². The Morgan fingerprint density at radius 1 is 1.13 bits per heavy atom. The standard InChI is InChI=1S/C22H35N5O3/c1-3-23-21(25-19-9-11-27(12-10-19)22(28)30-4-2)24-17-18-5-7-20(8-6-18)26-13-15-29-16-14-26/h5-8,19H,3-4,9-17H2,1-2H3,(H2,23,24,25). The number of anilines is 1. The molecule has 0 saturated carbocycles. The van der Waals surface area contributed by atoms with E-state index in [0.29, 0.717) is 32.3 Å². The summed E-state index contributed by atoms with van der Waals surface area (Å²) in [5.41, 5.74) is 2.42. The van der Waals surface area contributed by atoms with Crippen molar-refractivity contribution in [3.8, 4) is 0 Å². The van der Waals surface area contributed by atoms with Gasteiger partial charge in [-0.05, 0) is 44.4 Å². The summed E-state index contributed by atoms with van der Waals surface area (Å²) in [7, 11) is 0. The number of ether oxygens (including phenoxy) is 2. The molecular formula is C22H35N5O3. The third-order valence-electron chi connectivity index (χ3n) is 5.44. The molecule has 0 radical (unpaired) electrons. The highest BCUT2D eigenvalue weighted by Crippen LogP contribution is 2.17. The minimum Gasteiger partial charge on any atom is -0.450 e. The van der Waals surface area contributed by atoms with Crippen molar-refractivity contribution in [2.45, 2.75) is 39.3 Å². The Labute approximate surface area is 179 Å². The molecule has 2 aliphatic heterocycles. The van der Waals surface area contributed by atoms with Crippen molar-refractivity contribution in [1.82, 2.24) is 15.5 Å². The average Bonchev–Trinajstić information content (AvgIpc) is 2.79. The zero-order chi connectivity index (χ0) is 21.2. The van der Waals surface area contributed by atoms with Gasteiger partial charge in [0.2, 0.25) is 0 Å². The Bertz CT molecular complexity index is 681. The van der Waals surface area contributed by atoms with E-state index < -0.39 is 0 Å². The summed E-state index contributed by atoms with van der Waals surface area (Å²) in [6, 6.07) is 8.94. The van der Waals surface area contributed by atoms with E-state index in [1.54, 1.807) is 4.90 Å². The molecule has 0 aromatic heterocycles. The van der Waals surface area contributed by atoms with Crippen molar-refractivity contribution < 1.29 is 14.3 Å². The van der Waals surface area contributed by atoms with Crippen molar-refractivity contribution in [3.05, 3.63) is 29.8 Å². The first-order valence-electron chi connectivity index (χ1n) is 11.1. The quantitative estimate of drug-likeness (QED) is 0.546. The number of likely N-dealkylation sites (tertiary alicyclic amines) is 1. The van der Waals surface area contributed by atoms with Crippen molar-refractivity contribution in [3.63, 3.8) is 0 Å². The number of rotatable bonds is 6. The van der Waals surface area contributed by atoms with Crippen LogP contribution in [0.5, 0.6) is 0 Å². The monoisotopic (exact) mass is 417 g/mol. The molecule has 0 spiro atoms. The van der Waals surface area contributed by atoms with Crippen LogP contribution in [0, 0.1) is 0 Å². The molecule has 2 aliphatic rings. The third kappa shape index (κ3) is 6.52. The van der Waals surface area contributed by atoms with Gasteiger partial charge in [-0.3, -0.25) is 0 Å². The largest absolute Gasteiger partial charge is 0.450 e. The Kier molecular flexibility index (Phi) is 8.62. The minimum absolute atomic E-state index is 0.211. The second-order valence-corrected chi connectivity index (χ2v) is 7.57. The number of carbonyl (C=O) groups excluding carboxylic acids is 1. The maximum Gasteiger partial charge on any atom is 0.409 e. The average molecular weight is 418 g/mol. The third-order valence-corrected chi connectivity index (χ3v) is 5.44. The number of carbonyl (C=O) groups is 1. The number of piperidine rings is 1. The predicted molar refractivity (Wildman–Crippen MR) is 119 cm³/mol. The zero-order valence-corrected chi connectivity index (χ0v) is 18.2. The van der Waals surface area contributed by atoms with Crippen LogP contribution in [0.2, 0.25) is 0 Å². The number of guanidine groups is 1. The van der Waals surface area contributed by atoms with Gasteiger partial charge in [-0.15, -0.1) is 0 Å². The SMILES string of the molecule is CCNC(=NCc1ccc(N2CCOCC2)cc1)NC1CCN(C(=O)OCC)CC1. The number of aliphatic imine (C=N–C) groups is 1. The number of nitrogens with one attached hydrogen (secondary N) is 2. The van der Waals surface area contributed by atoms with Gasteiger partial charge in [0.1, 0.15) is 0 Å². The number of hydrogen-bond donors (Lipinski definition) is 2. The number of morpholine rings is 1. The predicted octanol–water partition coefficient (Wildman–Crippen LogP) is 2.20. The summed E-state index contributed by atoms with van der Waals surface area (Å²) in [4.78, 5) is 20.7. The van der Waals surface area contributed by atoms with Gasteiger partial charge in [0, 0.05) is 44.5 Å². The van der Waals surface area contributed by atoms with Crippen molar-refractivity contribution >= 4 is 17.7 Å². The van der Waals surface area contributed by atoms with Crippen LogP contribution in [-0.2, 0) is 16.0 Å². The van der Waals surface area contributed by atoms with Gasteiger partial charge in [0.15, 0.2) is 5.96 Å². The summed E-state index contributed by atoms with van der Waals surface area (Å²) in [5.74, 6) is 0.823. The molecule has 2 fully saturated rings. The van der Waals surface area contributed by atoms with Gasteiger partial charge in [0.25, 0.3) is 0 Å². The fraction of sp³-hybridized carbons (Fsp3) is 0.636. The van der Waals surface area contributed by atoms with Gasteiger partial charge < -0.3 is 29.9 Å². The van der Waals surface area contributed by atoms with Crippen molar-refractivity contribution in [2.24, 2.45) is 4.99 Å². The first-order chi connectivity index (χ1) is 14.7. The highest BCUT2D eigenvalue weighted by Gasteiger charge is 2.24. The molecule has 8 nitrogen and oxygen atoms in total. The van der Waals surface area contributed by atoms with Crippen LogP contribution in [0.4, 0.5) is 10.5 Å². The minimum atomic E-state index is -0.211. The lowest BCUT2D eigenvalue weighted by Crippen LogP contribution is -2.49. The highest BCUT2D eigenvalue weighted by molar-refractivity contribution is 5.80. The molecule has 1 amide bonds. The maximum atomic E-state index is 11.9. The lowest BCUT2D eigenvalue weighted by atomic mass is 10.1. The van der Waals surface area contributed by atoms with E-state index in [9.17, 15) is 4.79 Å². The molecule has 2 heterocycles.